The lowest BCUT2D eigenvalue weighted by atomic mass is 10.1. The number of methoxy groups -OCH3 is 1. The smallest absolute Gasteiger partial charge is 0.270 e. The highest BCUT2D eigenvalue weighted by molar-refractivity contribution is 7.80. The van der Waals surface area contributed by atoms with Crippen LogP contribution in [-0.4, -0.2) is 24.0 Å². The van der Waals surface area contributed by atoms with Crippen molar-refractivity contribution in [3.8, 4) is 5.75 Å². The van der Waals surface area contributed by atoms with Crippen molar-refractivity contribution in [3.05, 3.63) is 63.6 Å². The summed E-state index contributed by atoms with van der Waals surface area (Å²) in [5.41, 5.74) is 0.655. The molecule has 0 atom stereocenters. The van der Waals surface area contributed by atoms with E-state index in [-0.39, 0.29) is 10.7 Å². The molecule has 2 aromatic rings. The van der Waals surface area contributed by atoms with Crippen LogP contribution in [0.4, 0.5) is 5.69 Å². The number of anilines is 1. The highest BCUT2D eigenvalue weighted by Crippen LogP contribution is 2.32. The Morgan fingerprint density at radius 3 is 2.38 bits per heavy atom. The first-order valence-electron chi connectivity index (χ1n) is 7.42. The first kappa shape index (κ1) is 18.4. The van der Waals surface area contributed by atoms with Crippen LogP contribution in [0.25, 0.3) is 6.08 Å². The zero-order chi connectivity index (χ0) is 18.8. The van der Waals surface area contributed by atoms with Gasteiger partial charge in [0.1, 0.15) is 11.3 Å². The van der Waals surface area contributed by atoms with Gasteiger partial charge in [-0.2, -0.15) is 0 Å². The predicted octanol–water partition coefficient (Wildman–Crippen LogP) is 3.83. The number of carbonyl (C=O) groups excluding carboxylic acids is 2. The molecule has 1 N–H and O–H groups in total. The Morgan fingerprint density at radius 2 is 1.73 bits per heavy atom. The summed E-state index contributed by atoms with van der Waals surface area (Å²) in [6.45, 7) is 0. The Morgan fingerprint density at radius 1 is 1.08 bits per heavy atom. The molecule has 2 amide bonds. The van der Waals surface area contributed by atoms with E-state index in [1.165, 1.54) is 18.1 Å². The lowest BCUT2D eigenvalue weighted by Gasteiger charge is -2.29. The number of thiocarbonyl (C=S) groups is 1. The van der Waals surface area contributed by atoms with E-state index in [2.05, 4.69) is 5.32 Å². The average Bonchev–Trinajstić information content (AvgIpc) is 2.61. The molecule has 0 spiro atoms. The molecule has 132 valence electrons. The van der Waals surface area contributed by atoms with E-state index in [0.717, 1.165) is 0 Å². The fraction of sp³-hybridized carbons (Fsp3) is 0.0556. The summed E-state index contributed by atoms with van der Waals surface area (Å²) in [7, 11) is 1.48. The van der Waals surface area contributed by atoms with Crippen molar-refractivity contribution in [1.29, 1.82) is 0 Å². The summed E-state index contributed by atoms with van der Waals surface area (Å²) in [5.74, 6) is -0.782. The van der Waals surface area contributed by atoms with Gasteiger partial charge in [-0.25, -0.2) is 4.90 Å². The molecular weight excluding hydrogens is 395 g/mol. The molecule has 26 heavy (non-hydrogen) atoms. The summed E-state index contributed by atoms with van der Waals surface area (Å²) >= 11 is 17.5. The van der Waals surface area contributed by atoms with Gasteiger partial charge in [-0.05, 0) is 42.6 Å². The first-order chi connectivity index (χ1) is 12.4. The van der Waals surface area contributed by atoms with Crippen LogP contribution in [0.15, 0.2) is 48.0 Å². The highest BCUT2D eigenvalue weighted by Gasteiger charge is 2.36. The predicted molar refractivity (Wildman–Crippen MR) is 106 cm³/mol. The molecule has 3 rings (SSSR count). The molecule has 1 aliphatic rings. The van der Waals surface area contributed by atoms with Gasteiger partial charge < -0.3 is 4.74 Å². The standard InChI is InChI=1S/C18H12Cl2N2O3S/c1-25-15-8-3-2-7-14(15)22-17(24)11(16(23)21-18(22)26)9-10-12(19)5-4-6-13(10)20/h2-9H,1H3,(H,21,23,26)/b11-9-. The number of nitrogens with one attached hydrogen (secondary N) is 1. The monoisotopic (exact) mass is 406 g/mol. The summed E-state index contributed by atoms with van der Waals surface area (Å²) in [6, 6.07) is 11.8. The molecule has 0 aromatic heterocycles. The van der Waals surface area contributed by atoms with Gasteiger partial charge in [0.15, 0.2) is 5.11 Å². The van der Waals surface area contributed by atoms with Gasteiger partial charge in [0.2, 0.25) is 0 Å². The lowest BCUT2D eigenvalue weighted by Crippen LogP contribution is -2.54. The number of para-hydroxylation sites is 2. The SMILES string of the molecule is COc1ccccc1N1C(=O)/C(=C\c2c(Cl)cccc2Cl)C(=O)NC1=S. The van der Waals surface area contributed by atoms with Crippen LogP contribution in [0, 0.1) is 0 Å². The number of rotatable bonds is 3. The fourth-order valence-electron chi connectivity index (χ4n) is 2.48. The van der Waals surface area contributed by atoms with Gasteiger partial charge in [0.05, 0.1) is 12.8 Å². The number of nitrogens with zero attached hydrogens (tertiary/aromatic N) is 1. The third kappa shape index (κ3) is 3.31. The Labute approximate surface area is 165 Å². The first-order valence-corrected chi connectivity index (χ1v) is 8.59. The number of carbonyl (C=O) groups is 2. The molecule has 8 heteroatoms. The minimum atomic E-state index is -0.623. The molecule has 1 heterocycles. The van der Waals surface area contributed by atoms with Crippen molar-refractivity contribution >= 4 is 64.1 Å². The Balaban J connectivity index is 2.11. The molecule has 0 aliphatic carbocycles. The van der Waals surface area contributed by atoms with E-state index in [0.29, 0.717) is 27.0 Å². The molecule has 2 aromatic carbocycles. The van der Waals surface area contributed by atoms with E-state index >= 15 is 0 Å². The van der Waals surface area contributed by atoms with E-state index in [1.807, 2.05) is 0 Å². The van der Waals surface area contributed by atoms with Crippen LogP contribution >= 0.6 is 35.4 Å². The highest BCUT2D eigenvalue weighted by atomic mass is 35.5. The van der Waals surface area contributed by atoms with Crippen molar-refractivity contribution in [2.45, 2.75) is 0 Å². The second-order valence-electron chi connectivity index (χ2n) is 5.27. The topological polar surface area (TPSA) is 58.6 Å². The molecule has 0 saturated carbocycles. The molecule has 0 radical (unpaired) electrons. The molecule has 0 bridgehead atoms. The number of hydrogen-bond acceptors (Lipinski definition) is 4. The summed E-state index contributed by atoms with van der Waals surface area (Å²) in [5, 5.41) is 3.11. The van der Waals surface area contributed by atoms with Crippen LogP contribution in [0.5, 0.6) is 5.75 Å². The van der Waals surface area contributed by atoms with Crippen LogP contribution in [0.3, 0.4) is 0 Å². The molecule has 1 aliphatic heterocycles. The summed E-state index contributed by atoms with van der Waals surface area (Å²) < 4.78 is 5.29. The Bertz CT molecular complexity index is 939. The van der Waals surface area contributed by atoms with Gasteiger partial charge in [-0.3, -0.25) is 14.9 Å². The maximum absolute atomic E-state index is 13.0. The van der Waals surface area contributed by atoms with Crippen LogP contribution < -0.4 is 15.0 Å². The normalized spacial score (nSPS) is 16.0. The van der Waals surface area contributed by atoms with E-state index in [9.17, 15) is 9.59 Å². The molecule has 5 nitrogen and oxygen atoms in total. The van der Waals surface area contributed by atoms with E-state index in [1.54, 1.807) is 42.5 Å². The zero-order valence-electron chi connectivity index (χ0n) is 13.5. The van der Waals surface area contributed by atoms with Crippen molar-refractivity contribution < 1.29 is 14.3 Å². The number of amides is 2. The van der Waals surface area contributed by atoms with Gasteiger partial charge >= 0.3 is 0 Å². The third-order valence-electron chi connectivity index (χ3n) is 3.72. The van der Waals surface area contributed by atoms with Gasteiger partial charge in [0, 0.05) is 15.6 Å². The fourth-order valence-corrected chi connectivity index (χ4v) is 3.26. The maximum Gasteiger partial charge on any atom is 0.270 e. The Kier molecular flexibility index (Phi) is 5.27. The van der Waals surface area contributed by atoms with Crippen molar-refractivity contribution in [1.82, 2.24) is 5.32 Å². The van der Waals surface area contributed by atoms with Crippen molar-refractivity contribution in [2.24, 2.45) is 0 Å². The lowest BCUT2D eigenvalue weighted by molar-refractivity contribution is -0.122. The number of ether oxygens (including phenoxy) is 1. The largest absolute Gasteiger partial charge is 0.495 e. The number of hydrogen-bond donors (Lipinski definition) is 1. The molecule has 1 saturated heterocycles. The van der Waals surface area contributed by atoms with Crippen LogP contribution in [-0.2, 0) is 9.59 Å². The number of benzene rings is 2. The molecule has 1 fully saturated rings. The third-order valence-corrected chi connectivity index (χ3v) is 4.66. The van der Waals surface area contributed by atoms with E-state index < -0.39 is 11.8 Å². The average molecular weight is 407 g/mol. The quantitative estimate of drug-likeness (QED) is 0.477. The van der Waals surface area contributed by atoms with Crippen molar-refractivity contribution in [2.75, 3.05) is 12.0 Å². The van der Waals surface area contributed by atoms with Crippen molar-refractivity contribution in [3.63, 3.8) is 0 Å². The second-order valence-corrected chi connectivity index (χ2v) is 6.47. The van der Waals surface area contributed by atoms with E-state index in [4.69, 9.17) is 40.2 Å². The molecule has 0 unspecified atom stereocenters. The second kappa shape index (κ2) is 7.45. The number of halogens is 2. The summed E-state index contributed by atoms with van der Waals surface area (Å²) in [4.78, 5) is 26.6. The maximum atomic E-state index is 13.0. The Hall–Kier alpha value is -2.41. The van der Waals surface area contributed by atoms with Crippen LogP contribution in [0.1, 0.15) is 5.56 Å². The van der Waals surface area contributed by atoms with Gasteiger partial charge in [-0.15, -0.1) is 0 Å². The molecular formula is C18H12Cl2N2O3S. The summed E-state index contributed by atoms with van der Waals surface area (Å²) in [6.07, 6.45) is 1.35. The minimum Gasteiger partial charge on any atom is -0.495 e. The van der Waals surface area contributed by atoms with Gasteiger partial charge in [-0.1, -0.05) is 41.4 Å². The van der Waals surface area contributed by atoms with Gasteiger partial charge in [0.25, 0.3) is 11.8 Å². The zero-order valence-corrected chi connectivity index (χ0v) is 15.8. The van der Waals surface area contributed by atoms with Crippen LogP contribution in [0.2, 0.25) is 10.0 Å². The minimum absolute atomic E-state index is 0.0353.